The third-order valence-electron chi connectivity index (χ3n) is 4.80. The predicted octanol–water partition coefficient (Wildman–Crippen LogP) is 3.33. The molecule has 2 aromatic heterocycles. The van der Waals surface area contributed by atoms with E-state index in [9.17, 15) is 19.7 Å². The Morgan fingerprint density at radius 2 is 1.84 bits per heavy atom. The number of nitro benzene ring substituents is 1. The Hall–Kier alpha value is -4.11. The Balaban J connectivity index is 1.65. The topological polar surface area (TPSA) is 120 Å². The highest BCUT2D eigenvalue weighted by Gasteiger charge is 2.17. The van der Waals surface area contributed by atoms with E-state index in [1.807, 2.05) is 6.07 Å². The second kappa shape index (κ2) is 8.94. The lowest BCUT2D eigenvalue weighted by molar-refractivity contribution is -0.384. The Bertz CT molecular complexity index is 1390. The summed E-state index contributed by atoms with van der Waals surface area (Å²) in [6, 6.07) is 16.2. The van der Waals surface area contributed by atoms with Crippen molar-refractivity contribution in [1.29, 1.82) is 0 Å². The van der Waals surface area contributed by atoms with Gasteiger partial charge < -0.3 is 5.32 Å². The van der Waals surface area contributed by atoms with Gasteiger partial charge in [-0.15, -0.1) is 0 Å². The number of fused-ring (bicyclic) bond motifs is 1. The fourth-order valence-electron chi connectivity index (χ4n) is 3.25. The van der Waals surface area contributed by atoms with Gasteiger partial charge in [0, 0.05) is 23.2 Å². The number of halogens is 1. The molecule has 0 saturated heterocycles. The zero-order valence-electron chi connectivity index (χ0n) is 16.6. The Morgan fingerprint density at radius 1 is 1.09 bits per heavy atom. The Kier molecular flexibility index (Phi) is 5.91. The second-order valence-electron chi connectivity index (χ2n) is 6.88. The van der Waals surface area contributed by atoms with Crippen LogP contribution in [0.5, 0.6) is 0 Å². The molecule has 1 amide bonds. The molecule has 0 aliphatic carbocycles. The summed E-state index contributed by atoms with van der Waals surface area (Å²) in [5, 5.41) is 19.2. The van der Waals surface area contributed by atoms with Crippen LogP contribution in [0.25, 0.3) is 10.8 Å². The van der Waals surface area contributed by atoms with E-state index in [2.05, 4.69) is 15.4 Å². The average molecular weight is 450 g/mol. The maximum atomic E-state index is 12.9. The van der Waals surface area contributed by atoms with E-state index in [4.69, 9.17) is 11.6 Å². The zero-order valence-corrected chi connectivity index (χ0v) is 17.3. The first-order valence-corrected chi connectivity index (χ1v) is 9.92. The molecule has 0 unspecified atom stereocenters. The number of carbonyl (C=O) groups is 1. The van der Waals surface area contributed by atoms with E-state index in [1.54, 1.807) is 42.6 Å². The molecule has 1 N–H and O–H groups in total. The van der Waals surface area contributed by atoms with Gasteiger partial charge in [-0.3, -0.25) is 24.7 Å². The first kappa shape index (κ1) is 21.1. The third-order valence-corrected chi connectivity index (χ3v) is 5.12. The summed E-state index contributed by atoms with van der Waals surface area (Å²) in [6.07, 6.45) is 1.63. The minimum absolute atomic E-state index is 0.0122. The number of nitrogens with one attached hydrogen (secondary N) is 1. The van der Waals surface area contributed by atoms with Crippen molar-refractivity contribution in [3.05, 3.63) is 109 Å². The highest BCUT2D eigenvalue weighted by atomic mass is 35.5. The fourth-order valence-corrected chi connectivity index (χ4v) is 3.43. The molecule has 4 aromatic rings. The number of carbonyl (C=O) groups excluding carboxylic acids is 1. The Morgan fingerprint density at radius 3 is 2.56 bits per heavy atom. The summed E-state index contributed by atoms with van der Waals surface area (Å²) in [4.78, 5) is 40.2. The molecule has 0 aliphatic heterocycles. The SMILES string of the molecule is O=C(NCc1nn(Cc2ccccn2)c(=O)c2ccccc12)c1ccc(Cl)c([N+](=O)[O-])c1. The molecule has 160 valence electrons. The zero-order chi connectivity index (χ0) is 22.7. The normalized spacial score (nSPS) is 10.8. The van der Waals surface area contributed by atoms with Gasteiger partial charge in [0.2, 0.25) is 0 Å². The minimum atomic E-state index is -0.651. The number of benzene rings is 2. The lowest BCUT2D eigenvalue weighted by Gasteiger charge is -2.12. The number of pyridine rings is 1. The van der Waals surface area contributed by atoms with E-state index in [0.717, 1.165) is 6.07 Å². The highest BCUT2D eigenvalue weighted by molar-refractivity contribution is 6.32. The molecule has 32 heavy (non-hydrogen) atoms. The van der Waals surface area contributed by atoms with Crippen molar-refractivity contribution in [2.24, 2.45) is 0 Å². The van der Waals surface area contributed by atoms with Gasteiger partial charge in [0.1, 0.15) is 5.02 Å². The van der Waals surface area contributed by atoms with Gasteiger partial charge in [-0.25, -0.2) is 4.68 Å². The van der Waals surface area contributed by atoms with Crippen LogP contribution in [0.3, 0.4) is 0 Å². The van der Waals surface area contributed by atoms with Gasteiger partial charge in [-0.05, 0) is 30.3 Å². The quantitative estimate of drug-likeness (QED) is 0.356. The van der Waals surface area contributed by atoms with E-state index in [-0.39, 0.29) is 34.9 Å². The molecule has 4 rings (SSSR count). The number of amides is 1. The van der Waals surface area contributed by atoms with Crippen molar-refractivity contribution in [2.75, 3.05) is 0 Å². The monoisotopic (exact) mass is 449 g/mol. The van der Waals surface area contributed by atoms with E-state index in [1.165, 1.54) is 16.8 Å². The molecule has 0 radical (unpaired) electrons. The molecule has 2 aromatic carbocycles. The molecule has 10 heteroatoms. The van der Waals surface area contributed by atoms with E-state index < -0.39 is 10.8 Å². The van der Waals surface area contributed by atoms with Crippen LogP contribution in [0.15, 0.2) is 71.7 Å². The lowest BCUT2D eigenvalue weighted by Crippen LogP contribution is -2.29. The van der Waals surface area contributed by atoms with E-state index >= 15 is 0 Å². The van der Waals surface area contributed by atoms with Crippen LogP contribution in [-0.4, -0.2) is 25.6 Å². The maximum absolute atomic E-state index is 12.9. The van der Waals surface area contributed by atoms with Crippen molar-refractivity contribution >= 4 is 34.0 Å². The summed E-state index contributed by atoms with van der Waals surface area (Å²) < 4.78 is 1.30. The van der Waals surface area contributed by atoms with Gasteiger partial charge in [0.25, 0.3) is 17.2 Å². The van der Waals surface area contributed by atoms with E-state index in [0.29, 0.717) is 22.2 Å². The standard InChI is InChI=1S/C22H16ClN5O4/c23-18-9-8-14(11-20(18)28(31)32)21(29)25-12-19-16-6-1-2-7-17(16)22(30)27(26-19)13-15-5-3-4-10-24-15/h1-11H,12-13H2,(H,25,29). The van der Waals surface area contributed by atoms with Crippen LogP contribution in [0.1, 0.15) is 21.7 Å². The van der Waals surface area contributed by atoms with Crippen molar-refractivity contribution in [2.45, 2.75) is 13.1 Å². The number of aromatic nitrogens is 3. The molecule has 2 heterocycles. The van der Waals surface area contributed by atoms with Crippen LogP contribution in [0.2, 0.25) is 5.02 Å². The molecule has 0 fully saturated rings. The molecular weight excluding hydrogens is 434 g/mol. The smallest absolute Gasteiger partial charge is 0.288 e. The van der Waals surface area contributed by atoms with Gasteiger partial charge in [-0.1, -0.05) is 35.9 Å². The fraction of sp³-hybridized carbons (Fsp3) is 0.0909. The average Bonchev–Trinajstić information content (AvgIpc) is 2.80. The predicted molar refractivity (Wildman–Crippen MR) is 119 cm³/mol. The first-order valence-electron chi connectivity index (χ1n) is 9.55. The minimum Gasteiger partial charge on any atom is -0.346 e. The van der Waals surface area contributed by atoms with Crippen LogP contribution in [0, 0.1) is 10.1 Å². The Labute approximate surface area is 186 Å². The molecule has 0 aliphatic rings. The van der Waals surface area contributed by atoms with Gasteiger partial charge >= 0.3 is 0 Å². The number of nitrogens with zero attached hydrogens (tertiary/aromatic N) is 4. The lowest BCUT2D eigenvalue weighted by atomic mass is 10.1. The second-order valence-corrected chi connectivity index (χ2v) is 7.29. The van der Waals surface area contributed by atoms with Crippen molar-refractivity contribution < 1.29 is 9.72 Å². The third kappa shape index (κ3) is 4.33. The molecule has 0 spiro atoms. The van der Waals surface area contributed by atoms with Crippen LogP contribution in [-0.2, 0) is 13.1 Å². The number of hydrogen-bond donors (Lipinski definition) is 1. The summed E-state index contributed by atoms with van der Waals surface area (Å²) in [5.74, 6) is -0.530. The highest BCUT2D eigenvalue weighted by Crippen LogP contribution is 2.25. The molecule has 0 saturated carbocycles. The summed E-state index contributed by atoms with van der Waals surface area (Å²) in [6.45, 7) is 0.188. The van der Waals surface area contributed by atoms with Crippen molar-refractivity contribution in [3.8, 4) is 0 Å². The summed E-state index contributed by atoms with van der Waals surface area (Å²) in [7, 11) is 0. The van der Waals surface area contributed by atoms with Gasteiger partial charge in [0.15, 0.2) is 0 Å². The summed E-state index contributed by atoms with van der Waals surface area (Å²) >= 11 is 5.81. The van der Waals surface area contributed by atoms with Crippen LogP contribution < -0.4 is 10.9 Å². The maximum Gasteiger partial charge on any atom is 0.288 e. The largest absolute Gasteiger partial charge is 0.346 e. The van der Waals surface area contributed by atoms with Crippen molar-refractivity contribution in [3.63, 3.8) is 0 Å². The number of rotatable bonds is 6. The number of nitro groups is 1. The van der Waals surface area contributed by atoms with Crippen molar-refractivity contribution in [1.82, 2.24) is 20.1 Å². The first-order chi connectivity index (χ1) is 15.4. The van der Waals surface area contributed by atoms with Gasteiger partial charge in [0.05, 0.1) is 34.8 Å². The van der Waals surface area contributed by atoms with Gasteiger partial charge in [-0.2, -0.15) is 5.10 Å². The van der Waals surface area contributed by atoms with Crippen LogP contribution in [0.4, 0.5) is 5.69 Å². The molecule has 0 atom stereocenters. The summed E-state index contributed by atoms with van der Waals surface area (Å²) in [5.41, 5.74) is 0.613. The molecular formula is C22H16ClN5O4. The number of hydrogen-bond acceptors (Lipinski definition) is 6. The molecule has 0 bridgehead atoms. The molecule has 9 nitrogen and oxygen atoms in total. The van der Waals surface area contributed by atoms with Crippen LogP contribution >= 0.6 is 11.6 Å².